The van der Waals surface area contributed by atoms with E-state index in [1.165, 1.54) is 0 Å². The largest absolute Gasteiger partial charge is 0.393 e. The predicted octanol–water partition coefficient (Wildman–Crippen LogP) is 0.511. The Bertz CT molecular complexity index is 209. The van der Waals surface area contributed by atoms with Crippen molar-refractivity contribution in [3.8, 4) is 0 Å². The van der Waals surface area contributed by atoms with E-state index in [1.54, 1.807) is 0 Å². The lowest BCUT2D eigenvalue weighted by molar-refractivity contribution is -0.122. The van der Waals surface area contributed by atoms with Crippen LogP contribution in [0.1, 0.15) is 26.7 Å². The zero-order valence-corrected chi connectivity index (χ0v) is 10.4. The van der Waals surface area contributed by atoms with E-state index in [2.05, 4.69) is 10.2 Å². The van der Waals surface area contributed by atoms with Gasteiger partial charge >= 0.3 is 0 Å². The van der Waals surface area contributed by atoms with Gasteiger partial charge in [-0.25, -0.2) is 0 Å². The first kappa shape index (κ1) is 14.3. The van der Waals surface area contributed by atoms with Gasteiger partial charge in [0.1, 0.15) is 0 Å². The fourth-order valence-corrected chi connectivity index (χ4v) is 1.43. The lowest BCUT2D eigenvalue weighted by Gasteiger charge is -2.19. The van der Waals surface area contributed by atoms with Gasteiger partial charge in [0.05, 0.1) is 11.5 Å². The van der Waals surface area contributed by atoms with Gasteiger partial charge in [0.25, 0.3) is 0 Å². The molecule has 88 valence electrons. The molecule has 15 heavy (non-hydrogen) atoms. The lowest BCUT2D eigenvalue weighted by Crippen LogP contribution is -2.37. The molecule has 0 unspecified atom stereocenters. The molecule has 0 aromatic carbocycles. The Morgan fingerprint density at radius 1 is 1.47 bits per heavy atom. The molecular formula is C10H21N3OS. The van der Waals surface area contributed by atoms with Crippen molar-refractivity contribution in [3.63, 3.8) is 0 Å². The SMILES string of the molecule is CCNC(=O)CN(CC)CCCC(N)=S. The van der Waals surface area contributed by atoms with Crippen molar-refractivity contribution in [2.75, 3.05) is 26.2 Å². The van der Waals surface area contributed by atoms with Crippen molar-refractivity contribution in [3.05, 3.63) is 0 Å². The summed E-state index contributed by atoms with van der Waals surface area (Å²) in [6, 6.07) is 0. The first-order valence-corrected chi connectivity index (χ1v) is 5.78. The summed E-state index contributed by atoms with van der Waals surface area (Å²) in [6.45, 7) is 6.84. The van der Waals surface area contributed by atoms with Crippen LogP contribution in [0.3, 0.4) is 0 Å². The highest BCUT2D eigenvalue weighted by Gasteiger charge is 2.07. The third-order valence-electron chi connectivity index (χ3n) is 2.09. The van der Waals surface area contributed by atoms with Crippen molar-refractivity contribution in [2.24, 2.45) is 5.73 Å². The van der Waals surface area contributed by atoms with Crippen LogP contribution in [0.5, 0.6) is 0 Å². The Balaban J connectivity index is 3.72. The molecule has 0 heterocycles. The maximum absolute atomic E-state index is 11.3. The van der Waals surface area contributed by atoms with Gasteiger partial charge in [0, 0.05) is 6.54 Å². The molecule has 0 aliphatic carbocycles. The minimum atomic E-state index is 0.0784. The van der Waals surface area contributed by atoms with Crippen LogP contribution >= 0.6 is 12.2 Å². The summed E-state index contributed by atoms with van der Waals surface area (Å²) < 4.78 is 0. The van der Waals surface area contributed by atoms with E-state index in [9.17, 15) is 4.79 Å². The molecule has 0 rings (SSSR count). The quantitative estimate of drug-likeness (QED) is 0.598. The predicted molar refractivity (Wildman–Crippen MR) is 66.8 cm³/mol. The zero-order valence-electron chi connectivity index (χ0n) is 9.58. The van der Waals surface area contributed by atoms with Gasteiger partial charge in [-0.3, -0.25) is 9.69 Å². The van der Waals surface area contributed by atoms with Gasteiger partial charge in [-0.2, -0.15) is 0 Å². The number of likely N-dealkylation sites (N-methyl/N-ethyl adjacent to an activating group) is 2. The number of amides is 1. The van der Waals surface area contributed by atoms with E-state index in [0.717, 1.165) is 25.9 Å². The first-order valence-electron chi connectivity index (χ1n) is 5.37. The number of nitrogens with zero attached hydrogens (tertiary/aromatic N) is 1. The second-order valence-electron chi connectivity index (χ2n) is 3.39. The van der Waals surface area contributed by atoms with Crippen LogP contribution in [0.4, 0.5) is 0 Å². The van der Waals surface area contributed by atoms with Gasteiger partial charge in [-0.1, -0.05) is 19.1 Å². The highest BCUT2D eigenvalue weighted by atomic mass is 32.1. The molecule has 3 N–H and O–H groups in total. The molecule has 0 aliphatic rings. The summed E-state index contributed by atoms with van der Waals surface area (Å²) in [5.74, 6) is 0.0784. The Morgan fingerprint density at radius 3 is 2.60 bits per heavy atom. The minimum absolute atomic E-state index is 0.0784. The Morgan fingerprint density at radius 2 is 2.13 bits per heavy atom. The summed E-state index contributed by atoms with van der Waals surface area (Å²) in [4.78, 5) is 13.9. The molecule has 0 spiro atoms. The maximum Gasteiger partial charge on any atom is 0.234 e. The van der Waals surface area contributed by atoms with Gasteiger partial charge < -0.3 is 11.1 Å². The van der Waals surface area contributed by atoms with Crippen LogP contribution < -0.4 is 11.1 Å². The third-order valence-corrected chi connectivity index (χ3v) is 2.29. The summed E-state index contributed by atoms with van der Waals surface area (Å²) in [5, 5.41) is 2.78. The van der Waals surface area contributed by atoms with Crippen LogP contribution in [0.25, 0.3) is 0 Å². The van der Waals surface area contributed by atoms with Gasteiger partial charge in [0.2, 0.25) is 5.91 Å². The summed E-state index contributed by atoms with van der Waals surface area (Å²) in [6.07, 6.45) is 1.67. The molecule has 5 heteroatoms. The average molecular weight is 231 g/mol. The van der Waals surface area contributed by atoms with Crippen LogP contribution in [0.15, 0.2) is 0 Å². The molecule has 1 amide bonds. The number of hydrogen-bond donors (Lipinski definition) is 2. The van der Waals surface area contributed by atoms with Crippen molar-refractivity contribution in [1.29, 1.82) is 0 Å². The lowest BCUT2D eigenvalue weighted by atomic mass is 10.3. The Kier molecular flexibility index (Phi) is 8.22. The number of nitrogens with one attached hydrogen (secondary N) is 1. The third kappa shape index (κ3) is 8.32. The molecule has 0 radical (unpaired) electrons. The number of thiocarbonyl (C=S) groups is 1. The topological polar surface area (TPSA) is 58.4 Å². The van der Waals surface area contributed by atoms with Gasteiger partial charge in [-0.15, -0.1) is 0 Å². The van der Waals surface area contributed by atoms with Crippen LogP contribution in [-0.2, 0) is 4.79 Å². The molecular weight excluding hydrogens is 210 g/mol. The first-order chi connectivity index (χ1) is 7.10. The normalized spacial score (nSPS) is 10.3. The molecule has 0 aliphatic heterocycles. The van der Waals surface area contributed by atoms with E-state index < -0.39 is 0 Å². The molecule has 0 saturated carbocycles. The van der Waals surface area contributed by atoms with E-state index in [4.69, 9.17) is 18.0 Å². The van der Waals surface area contributed by atoms with Gasteiger partial charge in [-0.05, 0) is 32.9 Å². The fourth-order valence-electron chi connectivity index (χ4n) is 1.28. The van der Waals surface area contributed by atoms with E-state index in [1.807, 2.05) is 13.8 Å². The second-order valence-corrected chi connectivity index (χ2v) is 3.92. The van der Waals surface area contributed by atoms with Crippen molar-refractivity contribution < 1.29 is 4.79 Å². The van der Waals surface area contributed by atoms with Gasteiger partial charge in [0.15, 0.2) is 0 Å². The number of nitrogens with two attached hydrogens (primary N) is 1. The molecule has 0 atom stereocenters. The summed E-state index contributed by atoms with van der Waals surface area (Å²) >= 11 is 4.79. The van der Waals surface area contributed by atoms with Crippen molar-refractivity contribution >= 4 is 23.1 Å². The molecule has 0 aromatic heterocycles. The monoisotopic (exact) mass is 231 g/mol. The number of hydrogen-bond acceptors (Lipinski definition) is 3. The standard InChI is InChI=1S/C10H21N3OS/c1-3-12-10(14)8-13(4-2)7-5-6-9(11)15/h3-8H2,1-2H3,(H2,11,15)(H,12,14). The molecule has 0 aromatic rings. The van der Waals surface area contributed by atoms with Crippen LogP contribution in [0.2, 0.25) is 0 Å². The van der Waals surface area contributed by atoms with Crippen LogP contribution in [0, 0.1) is 0 Å². The smallest absolute Gasteiger partial charge is 0.234 e. The zero-order chi connectivity index (χ0) is 11.7. The number of rotatable bonds is 8. The highest BCUT2D eigenvalue weighted by molar-refractivity contribution is 7.80. The number of carbonyl (C=O) groups is 1. The fraction of sp³-hybridized carbons (Fsp3) is 0.800. The highest BCUT2D eigenvalue weighted by Crippen LogP contribution is 1.95. The molecule has 0 saturated heterocycles. The average Bonchev–Trinajstić information content (AvgIpc) is 2.16. The van der Waals surface area contributed by atoms with Crippen LogP contribution in [-0.4, -0.2) is 42.0 Å². The van der Waals surface area contributed by atoms with E-state index in [-0.39, 0.29) is 5.91 Å². The molecule has 0 bridgehead atoms. The van der Waals surface area contributed by atoms with E-state index in [0.29, 0.717) is 18.1 Å². The number of carbonyl (C=O) groups excluding carboxylic acids is 1. The molecule has 0 fully saturated rings. The Hall–Kier alpha value is -0.680. The Labute approximate surface area is 97.2 Å². The molecule has 4 nitrogen and oxygen atoms in total. The van der Waals surface area contributed by atoms with E-state index >= 15 is 0 Å². The minimum Gasteiger partial charge on any atom is -0.393 e. The van der Waals surface area contributed by atoms with Crippen molar-refractivity contribution in [1.82, 2.24) is 10.2 Å². The second kappa shape index (κ2) is 8.61. The maximum atomic E-state index is 11.3. The van der Waals surface area contributed by atoms with Crippen molar-refractivity contribution in [2.45, 2.75) is 26.7 Å². The summed E-state index contributed by atoms with van der Waals surface area (Å²) in [5.41, 5.74) is 5.40. The summed E-state index contributed by atoms with van der Waals surface area (Å²) in [7, 11) is 0.